The number of hydrogen-bond acceptors (Lipinski definition) is 6. The Morgan fingerprint density at radius 3 is 2.48 bits per heavy atom. The Hall–Kier alpha value is -3.13. The number of fused-ring (bicyclic) bond motifs is 1. The van der Waals surface area contributed by atoms with Crippen LogP contribution in [0.2, 0.25) is 0 Å². The van der Waals surface area contributed by atoms with E-state index in [1.54, 1.807) is 31.6 Å². The zero-order chi connectivity index (χ0) is 20.7. The number of methoxy groups -OCH3 is 2. The molecule has 0 aliphatic rings. The molecule has 150 valence electrons. The average Bonchev–Trinajstić information content (AvgIpc) is 3.26. The number of nitrogens with one attached hydrogen (secondary N) is 1. The molecule has 0 aliphatic heterocycles. The van der Waals surface area contributed by atoms with E-state index in [-0.39, 0.29) is 5.56 Å². The second-order valence-corrected chi connectivity index (χ2v) is 7.88. The molecule has 0 fully saturated rings. The van der Waals surface area contributed by atoms with Gasteiger partial charge < -0.3 is 9.47 Å². The molecule has 0 bridgehead atoms. The minimum atomic E-state index is -0.156. The van der Waals surface area contributed by atoms with Gasteiger partial charge in [-0.2, -0.15) is 0 Å². The topological polar surface area (TPSA) is 81.5 Å². The van der Waals surface area contributed by atoms with E-state index in [1.807, 2.05) is 39.0 Å². The van der Waals surface area contributed by atoms with E-state index in [9.17, 15) is 4.79 Å². The van der Waals surface area contributed by atoms with E-state index in [0.717, 1.165) is 38.8 Å². The normalized spacial score (nSPS) is 11.2. The SMILES string of the molecule is CCc1[nH]n2c(=O)cc(-c3sc(C)nc3C)nc2c1-c1ccc(OC)c(OC)c1. The predicted octanol–water partition coefficient (Wildman–Crippen LogP) is 4.01. The molecule has 0 radical (unpaired) electrons. The third kappa shape index (κ3) is 3.19. The number of aryl methyl sites for hydroxylation is 3. The van der Waals surface area contributed by atoms with Gasteiger partial charge in [0.25, 0.3) is 5.56 Å². The molecule has 8 heteroatoms. The maximum atomic E-state index is 12.9. The van der Waals surface area contributed by atoms with Gasteiger partial charge in [0.1, 0.15) is 0 Å². The van der Waals surface area contributed by atoms with Gasteiger partial charge in [-0.25, -0.2) is 14.5 Å². The molecule has 29 heavy (non-hydrogen) atoms. The van der Waals surface area contributed by atoms with Crippen molar-refractivity contribution < 1.29 is 9.47 Å². The van der Waals surface area contributed by atoms with Crippen LogP contribution in [0, 0.1) is 13.8 Å². The fourth-order valence-electron chi connectivity index (χ4n) is 3.52. The summed E-state index contributed by atoms with van der Waals surface area (Å²) in [4.78, 5) is 23.1. The van der Waals surface area contributed by atoms with E-state index in [1.165, 1.54) is 4.52 Å². The van der Waals surface area contributed by atoms with Gasteiger partial charge in [-0.3, -0.25) is 9.89 Å². The molecular formula is C21H22N4O3S. The van der Waals surface area contributed by atoms with Gasteiger partial charge in [0.05, 0.1) is 35.5 Å². The minimum Gasteiger partial charge on any atom is -0.493 e. The Kier molecular flexibility index (Phi) is 4.87. The lowest BCUT2D eigenvalue weighted by Gasteiger charge is -2.10. The molecule has 0 atom stereocenters. The Balaban J connectivity index is 2.01. The number of benzene rings is 1. The highest BCUT2D eigenvalue weighted by molar-refractivity contribution is 7.15. The van der Waals surface area contributed by atoms with Crippen molar-refractivity contribution in [2.75, 3.05) is 14.2 Å². The van der Waals surface area contributed by atoms with Crippen LogP contribution in [0.3, 0.4) is 0 Å². The first-order valence-corrected chi connectivity index (χ1v) is 10.1. The monoisotopic (exact) mass is 410 g/mol. The number of rotatable bonds is 5. The van der Waals surface area contributed by atoms with E-state index >= 15 is 0 Å². The fourth-order valence-corrected chi connectivity index (χ4v) is 4.40. The molecule has 0 saturated carbocycles. The van der Waals surface area contributed by atoms with E-state index < -0.39 is 0 Å². The highest BCUT2D eigenvalue weighted by atomic mass is 32.1. The number of ether oxygens (including phenoxy) is 2. The van der Waals surface area contributed by atoms with Gasteiger partial charge >= 0.3 is 0 Å². The summed E-state index contributed by atoms with van der Waals surface area (Å²) in [6.45, 7) is 5.93. The molecule has 0 aliphatic carbocycles. The van der Waals surface area contributed by atoms with Crippen LogP contribution in [0.25, 0.3) is 27.3 Å². The molecule has 0 amide bonds. The standard InChI is InChI=1S/C21H22N4O3S/c1-6-14-19(13-7-8-16(27-4)17(9-13)28-5)21-23-15(10-18(26)25(21)24-14)20-11(2)22-12(3)29-20/h7-10,24H,6H2,1-5H3. The smallest absolute Gasteiger partial charge is 0.273 e. The third-order valence-corrected chi connectivity index (χ3v) is 5.95. The minimum absolute atomic E-state index is 0.156. The first-order chi connectivity index (χ1) is 14.0. The lowest BCUT2D eigenvalue weighted by atomic mass is 10.0. The van der Waals surface area contributed by atoms with Gasteiger partial charge in [0.15, 0.2) is 17.1 Å². The second-order valence-electron chi connectivity index (χ2n) is 6.67. The molecule has 0 saturated heterocycles. The number of hydrogen-bond donors (Lipinski definition) is 1. The largest absolute Gasteiger partial charge is 0.493 e. The zero-order valence-corrected chi connectivity index (χ0v) is 17.8. The second kappa shape index (κ2) is 7.36. The van der Waals surface area contributed by atoms with Gasteiger partial charge in [-0.05, 0) is 38.0 Å². The molecule has 4 rings (SSSR count). The highest BCUT2D eigenvalue weighted by Crippen LogP contribution is 2.36. The molecule has 4 aromatic rings. The Morgan fingerprint density at radius 1 is 1.10 bits per heavy atom. The Bertz CT molecular complexity index is 1270. The molecule has 7 nitrogen and oxygen atoms in total. The number of aromatic amines is 1. The highest BCUT2D eigenvalue weighted by Gasteiger charge is 2.19. The van der Waals surface area contributed by atoms with Gasteiger partial charge in [0.2, 0.25) is 0 Å². The van der Waals surface area contributed by atoms with Crippen molar-refractivity contribution in [1.82, 2.24) is 19.6 Å². The molecule has 3 aromatic heterocycles. The van der Waals surface area contributed by atoms with Crippen LogP contribution in [0.1, 0.15) is 23.3 Å². The van der Waals surface area contributed by atoms with Gasteiger partial charge in [0, 0.05) is 17.3 Å². The van der Waals surface area contributed by atoms with Gasteiger partial charge in [-0.15, -0.1) is 11.3 Å². The maximum Gasteiger partial charge on any atom is 0.273 e. The van der Waals surface area contributed by atoms with E-state index in [0.29, 0.717) is 22.8 Å². The summed E-state index contributed by atoms with van der Waals surface area (Å²) in [5, 5.41) is 4.15. The summed E-state index contributed by atoms with van der Waals surface area (Å²) in [6.07, 6.45) is 0.723. The van der Waals surface area contributed by atoms with Crippen molar-refractivity contribution >= 4 is 17.0 Å². The van der Waals surface area contributed by atoms with Crippen molar-refractivity contribution in [3.8, 4) is 33.2 Å². The zero-order valence-electron chi connectivity index (χ0n) is 17.0. The van der Waals surface area contributed by atoms with Crippen molar-refractivity contribution in [3.63, 3.8) is 0 Å². The first-order valence-electron chi connectivity index (χ1n) is 9.28. The summed E-state index contributed by atoms with van der Waals surface area (Å²) < 4.78 is 12.3. The molecule has 1 N–H and O–H groups in total. The Morgan fingerprint density at radius 2 is 1.86 bits per heavy atom. The molecular weight excluding hydrogens is 388 g/mol. The number of H-pyrrole nitrogens is 1. The van der Waals surface area contributed by atoms with Crippen LogP contribution < -0.4 is 15.0 Å². The van der Waals surface area contributed by atoms with Crippen molar-refractivity contribution in [1.29, 1.82) is 0 Å². The van der Waals surface area contributed by atoms with Crippen molar-refractivity contribution in [3.05, 3.63) is 51.0 Å². The summed E-state index contributed by atoms with van der Waals surface area (Å²) in [5.41, 5.74) is 4.66. The fraction of sp³-hybridized carbons (Fsp3) is 0.286. The number of thiazole rings is 1. The van der Waals surface area contributed by atoms with Crippen LogP contribution >= 0.6 is 11.3 Å². The first kappa shape index (κ1) is 19.2. The maximum absolute atomic E-state index is 12.9. The van der Waals surface area contributed by atoms with Crippen molar-refractivity contribution in [2.45, 2.75) is 27.2 Å². The number of aromatic nitrogens is 4. The van der Waals surface area contributed by atoms with Crippen LogP contribution in [0.15, 0.2) is 29.1 Å². The summed E-state index contributed by atoms with van der Waals surface area (Å²) in [5.74, 6) is 1.27. The lowest BCUT2D eigenvalue weighted by Crippen LogP contribution is -2.14. The molecule has 0 spiro atoms. The predicted molar refractivity (Wildman–Crippen MR) is 114 cm³/mol. The number of nitrogens with zero attached hydrogens (tertiary/aromatic N) is 3. The average molecular weight is 410 g/mol. The van der Waals surface area contributed by atoms with Crippen molar-refractivity contribution in [2.24, 2.45) is 0 Å². The lowest BCUT2D eigenvalue weighted by molar-refractivity contribution is 0.355. The molecule has 3 heterocycles. The Labute approximate surface area is 172 Å². The van der Waals surface area contributed by atoms with Crippen LogP contribution in [-0.4, -0.2) is 33.8 Å². The molecule has 1 aromatic carbocycles. The van der Waals surface area contributed by atoms with E-state index in [4.69, 9.17) is 14.5 Å². The summed E-state index contributed by atoms with van der Waals surface area (Å²) in [7, 11) is 3.21. The van der Waals surface area contributed by atoms with Crippen LogP contribution in [0.5, 0.6) is 11.5 Å². The van der Waals surface area contributed by atoms with E-state index in [2.05, 4.69) is 10.1 Å². The summed E-state index contributed by atoms with van der Waals surface area (Å²) >= 11 is 1.54. The molecule has 0 unspecified atom stereocenters. The quantitative estimate of drug-likeness (QED) is 0.538. The van der Waals surface area contributed by atoms with Crippen LogP contribution in [-0.2, 0) is 6.42 Å². The summed E-state index contributed by atoms with van der Waals surface area (Å²) in [6, 6.07) is 7.27. The van der Waals surface area contributed by atoms with Crippen LogP contribution in [0.4, 0.5) is 0 Å². The van der Waals surface area contributed by atoms with Gasteiger partial charge in [-0.1, -0.05) is 13.0 Å². The third-order valence-electron chi connectivity index (χ3n) is 4.85.